The summed E-state index contributed by atoms with van der Waals surface area (Å²) in [5.74, 6) is 0. The fraction of sp³-hybridized carbons (Fsp3) is 1.00. The first-order valence-electron chi connectivity index (χ1n) is 13.7. The summed E-state index contributed by atoms with van der Waals surface area (Å²) in [4.78, 5) is 0. The zero-order chi connectivity index (χ0) is 23.0. The van der Waals surface area contributed by atoms with Crippen molar-refractivity contribution in [3.63, 3.8) is 0 Å². The van der Waals surface area contributed by atoms with Crippen LogP contribution in [0.15, 0.2) is 0 Å². The van der Waals surface area contributed by atoms with E-state index in [-0.39, 0.29) is 6.10 Å². The molecule has 1 atom stereocenters. The monoisotopic (exact) mass is 460 g/mol. The first-order valence-corrected chi connectivity index (χ1v) is 15.4. The maximum atomic E-state index is 6.16. The molecule has 0 aliphatic rings. The van der Waals surface area contributed by atoms with Crippen molar-refractivity contribution in [2.45, 2.75) is 150 Å². The van der Waals surface area contributed by atoms with Gasteiger partial charge in [-0.1, -0.05) is 110 Å². The lowest BCUT2D eigenvalue weighted by Gasteiger charge is -2.29. The van der Waals surface area contributed by atoms with Crippen molar-refractivity contribution in [3.05, 3.63) is 0 Å². The highest BCUT2D eigenvalue weighted by atomic mass is 28.4. The van der Waals surface area contributed by atoms with Crippen LogP contribution in [0.3, 0.4) is 0 Å². The number of rotatable bonds is 25. The van der Waals surface area contributed by atoms with Gasteiger partial charge in [-0.25, -0.2) is 0 Å². The smallest absolute Gasteiger partial charge is 0.351 e. The van der Waals surface area contributed by atoms with Crippen LogP contribution in [0.5, 0.6) is 0 Å². The van der Waals surface area contributed by atoms with E-state index in [0.717, 1.165) is 6.42 Å². The molecule has 1 unspecified atom stereocenters. The molecule has 0 N–H and O–H groups in total. The van der Waals surface area contributed by atoms with Crippen LogP contribution in [0, 0.1) is 0 Å². The Morgan fingerprint density at radius 1 is 0.484 bits per heavy atom. The molecule has 0 heterocycles. The molecule has 0 aliphatic heterocycles. The number of unbranched alkanes of at least 4 members (excludes halogenated alkanes) is 15. The highest BCUT2D eigenvalue weighted by Gasteiger charge is 2.46. The average Bonchev–Trinajstić information content (AvgIpc) is 2.74. The average molecular weight is 461 g/mol. The quantitative estimate of drug-likeness (QED) is 0.101. The van der Waals surface area contributed by atoms with Crippen LogP contribution in [0.2, 0.25) is 0 Å². The van der Waals surface area contributed by atoms with E-state index in [0.29, 0.717) is 19.8 Å². The van der Waals surface area contributed by atoms with Gasteiger partial charge in [0.25, 0.3) is 0 Å². The first kappa shape index (κ1) is 31.1. The predicted molar refractivity (Wildman–Crippen MR) is 135 cm³/mol. The molecule has 4 nitrogen and oxygen atoms in total. The van der Waals surface area contributed by atoms with Crippen molar-refractivity contribution in [1.82, 2.24) is 0 Å². The Balaban J connectivity index is 3.57. The van der Waals surface area contributed by atoms with Gasteiger partial charge >= 0.3 is 9.05 Å². The lowest BCUT2D eigenvalue weighted by Crippen LogP contribution is -2.51. The SMILES string of the molecule is CCCCCCCCCCCCCCCCCCC(C)O[Si](OCC)(OCC)OCC. The molecule has 0 aromatic rings. The molecular weight excluding hydrogens is 404 g/mol. The van der Waals surface area contributed by atoms with Gasteiger partial charge in [-0.15, -0.1) is 0 Å². The minimum Gasteiger partial charge on any atom is -0.351 e. The van der Waals surface area contributed by atoms with E-state index in [4.69, 9.17) is 17.7 Å². The molecule has 0 rings (SSSR count). The van der Waals surface area contributed by atoms with Crippen LogP contribution in [0.25, 0.3) is 0 Å². The highest BCUT2D eigenvalue weighted by molar-refractivity contribution is 6.53. The van der Waals surface area contributed by atoms with Gasteiger partial charge < -0.3 is 17.7 Å². The van der Waals surface area contributed by atoms with Crippen LogP contribution in [0.4, 0.5) is 0 Å². The molecule has 188 valence electrons. The van der Waals surface area contributed by atoms with E-state index < -0.39 is 9.05 Å². The van der Waals surface area contributed by atoms with Gasteiger partial charge in [0, 0.05) is 25.9 Å². The molecule has 0 spiro atoms. The van der Waals surface area contributed by atoms with Gasteiger partial charge in [-0.3, -0.25) is 0 Å². The second-order valence-electron chi connectivity index (χ2n) is 8.82. The molecule has 31 heavy (non-hydrogen) atoms. The van der Waals surface area contributed by atoms with E-state index in [9.17, 15) is 0 Å². The summed E-state index contributed by atoms with van der Waals surface area (Å²) in [6, 6.07) is 0. The topological polar surface area (TPSA) is 36.9 Å². The van der Waals surface area contributed by atoms with E-state index in [1.807, 2.05) is 20.8 Å². The van der Waals surface area contributed by atoms with Gasteiger partial charge in [0.05, 0.1) is 0 Å². The summed E-state index contributed by atoms with van der Waals surface area (Å²) < 4.78 is 23.5. The Morgan fingerprint density at radius 2 is 0.806 bits per heavy atom. The zero-order valence-corrected chi connectivity index (χ0v) is 22.9. The maximum Gasteiger partial charge on any atom is 0.679 e. The minimum absolute atomic E-state index is 0.114. The van der Waals surface area contributed by atoms with E-state index in [1.54, 1.807) is 0 Å². The van der Waals surface area contributed by atoms with Crippen LogP contribution < -0.4 is 0 Å². The largest absolute Gasteiger partial charge is 0.679 e. The molecule has 0 fully saturated rings. The third-order valence-corrected chi connectivity index (χ3v) is 8.39. The predicted octanol–water partition coefficient (Wildman–Crippen LogP) is 8.59. The summed E-state index contributed by atoms with van der Waals surface area (Å²) in [5.41, 5.74) is 0. The third kappa shape index (κ3) is 19.3. The Kier molecular flexibility index (Phi) is 23.3. The molecule has 0 amide bonds. The molecule has 0 aliphatic carbocycles. The molecular formula is C26H56O4Si. The lowest BCUT2D eigenvalue weighted by molar-refractivity contribution is -0.0481. The van der Waals surface area contributed by atoms with Gasteiger partial charge in [-0.05, 0) is 34.1 Å². The molecule has 0 aromatic carbocycles. The van der Waals surface area contributed by atoms with E-state index in [2.05, 4.69) is 13.8 Å². The van der Waals surface area contributed by atoms with Crippen LogP contribution in [-0.4, -0.2) is 35.0 Å². The second kappa shape index (κ2) is 23.2. The fourth-order valence-electron chi connectivity index (χ4n) is 4.04. The second-order valence-corrected chi connectivity index (χ2v) is 10.9. The third-order valence-electron chi connectivity index (χ3n) is 5.77. The Labute approximate surface area is 196 Å². The summed E-state index contributed by atoms with van der Waals surface area (Å²) in [6.45, 7) is 12.0. The van der Waals surface area contributed by atoms with Crippen LogP contribution in [0.1, 0.15) is 144 Å². The van der Waals surface area contributed by atoms with Crippen molar-refractivity contribution in [3.8, 4) is 0 Å². The van der Waals surface area contributed by atoms with Crippen molar-refractivity contribution in [2.75, 3.05) is 19.8 Å². The van der Waals surface area contributed by atoms with Gasteiger partial charge in [0.15, 0.2) is 0 Å². The fourth-order valence-corrected chi connectivity index (χ4v) is 6.17. The first-order chi connectivity index (χ1) is 15.1. The molecule has 5 heteroatoms. The summed E-state index contributed by atoms with van der Waals surface area (Å²) in [5, 5.41) is 0. The Morgan fingerprint density at radius 3 is 1.13 bits per heavy atom. The minimum atomic E-state index is -2.97. The molecule has 0 saturated heterocycles. The standard InChI is InChI=1S/C26H56O4Si/c1-6-10-11-12-13-14-15-16-17-18-19-20-21-22-23-24-25-26(5)30-31(27-7-2,28-8-3)29-9-4/h26H,6-25H2,1-5H3. The van der Waals surface area contributed by atoms with Crippen LogP contribution in [-0.2, 0) is 17.7 Å². The van der Waals surface area contributed by atoms with Gasteiger partial charge in [0.1, 0.15) is 0 Å². The van der Waals surface area contributed by atoms with Crippen molar-refractivity contribution < 1.29 is 17.7 Å². The Bertz CT molecular complexity index is 337. The molecule has 0 radical (unpaired) electrons. The molecule has 0 aromatic heterocycles. The summed E-state index contributed by atoms with van der Waals surface area (Å²) in [6.07, 6.45) is 23.5. The summed E-state index contributed by atoms with van der Waals surface area (Å²) in [7, 11) is -2.97. The van der Waals surface area contributed by atoms with Gasteiger partial charge in [-0.2, -0.15) is 0 Å². The van der Waals surface area contributed by atoms with E-state index >= 15 is 0 Å². The van der Waals surface area contributed by atoms with Crippen molar-refractivity contribution >= 4 is 9.05 Å². The number of hydrogen-bond donors (Lipinski definition) is 0. The van der Waals surface area contributed by atoms with Gasteiger partial charge in [0.2, 0.25) is 0 Å². The zero-order valence-electron chi connectivity index (χ0n) is 21.9. The molecule has 0 saturated carbocycles. The van der Waals surface area contributed by atoms with E-state index in [1.165, 1.54) is 103 Å². The lowest BCUT2D eigenvalue weighted by atomic mass is 10.0. The molecule has 0 bridgehead atoms. The normalized spacial score (nSPS) is 13.1. The van der Waals surface area contributed by atoms with Crippen molar-refractivity contribution in [2.24, 2.45) is 0 Å². The number of hydrogen-bond acceptors (Lipinski definition) is 4. The summed E-state index contributed by atoms with van der Waals surface area (Å²) >= 11 is 0. The van der Waals surface area contributed by atoms with Crippen molar-refractivity contribution in [1.29, 1.82) is 0 Å². The van der Waals surface area contributed by atoms with Crippen LogP contribution >= 0.6 is 0 Å². The maximum absolute atomic E-state index is 6.16. The Hall–Kier alpha value is 0.0569. The highest BCUT2D eigenvalue weighted by Crippen LogP contribution is 2.19.